The summed E-state index contributed by atoms with van der Waals surface area (Å²) < 4.78 is 0. The number of aryl methyl sites for hydroxylation is 1. The third-order valence-corrected chi connectivity index (χ3v) is 4.40. The van der Waals surface area contributed by atoms with Gasteiger partial charge >= 0.3 is 0 Å². The van der Waals surface area contributed by atoms with E-state index in [0.29, 0.717) is 12.1 Å². The van der Waals surface area contributed by atoms with E-state index in [9.17, 15) is 10.1 Å². The van der Waals surface area contributed by atoms with Crippen molar-refractivity contribution in [1.82, 2.24) is 10.3 Å². The Bertz CT molecular complexity index is 598. The minimum absolute atomic E-state index is 0.0834. The number of thiazole rings is 1. The summed E-state index contributed by atoms with van der Waals surface area (Å²) in [6, 6.07) is 6.88. The van der Waals surface area contributed by atoms with Crippen LogP contribution in [0.3, 0.4) is 0 Å². The zero-order valence-corrected chi connectivity index (χ0v) is 12.3. The second-order valence-corrected chi connectivity index (χ2v) is 5.65. The fourth-order valence-corrected chi connectivity index (χ4v) is 2.76. The van der Waals surface area contributed by atoms with Gasteiger partial charge < -0.3 is 5.32 Å². The minimum Gasteiger partial charge on any atom is -0.304 e. The van der Waals surface area contributed by atoms with E-state index in [2.05, 4.69) is 17.2 Å². The Labute approximate surface area is 121 Å². The van der Waals surface area contributed by atoms with Gasteiger partial charge in [-0.3, -0.25) is 10.1 Å². The molecule has 0 aliphatic heterocycles. The van der Waals surface area contributed by atoms with Crippen molar-refractivity contribution in [2.45, 2.75) is 32.9 Å². The number of aromatic nitrogens is 1. The summed E-state index contributed by atoms with van der Waals surface area (Å²) in [4.78, 5) is 16.2. The van der Waals surface area contributed by atoms with E-state index >= 15 is 0 Å². The van der Waals surface area contributed by atoms with Crippen LogP contribution in [0.15, 0.2) is 30.5 Å². The minimum atomic E-state index is -0.347. The largest absolute Gasteiger partial charge is 0.304 e. The lowest BCUT2D eigenvalue weighted by Crippen LogP contribution is -2.18. The van der Waals surface area contributed by atoms with E-state index in [0.717, 1.165) is 11.4 Å². The molecule has 5 nitrogen and oxygen atoms in total. The van der Waals surface area contributed by atoms with Crippen LogP contribution in [-0.2, 0) is 13.0 Å². The average molecular weight is 291 g/mol. The first kappa shape index (κ1) is 14.6. The Kier molecular flexibility index (Phi) is 4.81. The van der Waals surface area contributed by atoms with Crippen molar-refractivity contribution in [2.24, 2.45) is 0 Å². The summed E-state index contributed by atoms with van der Waals surface area (Å²) >= 11 is 1.68. The zero-order chi connectivity index (χ0) is 14.5. The smallest absolute Gasteiger partial charge is 0.273 e. The highest BCUT2D eigenvalue weighted by Gasteiger charge is 2.14. The maximum Gasteiger partial charge on any atom is 0.273 e. The molecule has 0 aliphatic rings. The summed E-state index contributed by atoms with van der Waals surface area (Å²) in [5, 5.41) is 15.3. The van der Waals surface area contributed by atoms with Crippen LogP contribution in [0.2, 0.25) is 0 Å². The van der Waals surface area contributed by atoms with Gasteiger partial charge in [-0.25, -0.2) is 4.98 Å². The second-order valence-electron chi connectivity index (χ2n) is 4.51. The van der Waals surface area contributed by atoms with Crippen molar-refractivity contribution in [3.8, 4) is 0 Å². The Morgan fingerprint density at radius 1 is 1.45 bits per heavy atom. The zero-order valence-electron chi connectivity index (χ0n) is 11.5. The predicted octanol–water partition coefficient (Wildman–Crippen LogP) is 3.46. The molecule has 1 N–H and O–H groups in total. The lowest BCUT2D eigenvalue weighted by atomic mass is 10.1. The van der Waals surface area contributed by atoms with Crippen molar-refractivity contribution in [1.29, 1.82) is 0 Å². The number of nitro groups is 1. The van der Waals surface area contributed by atoms with Crippen molar-refractivity contribution >= 4 is 17.0 Å². The van der Waals surface area contributed by atoms with Gasteiger partial charge in [0.05, 0.1) is 11.0 Å². The number of para-hydroxylation sites is 1. The first-order valence-corrected chi connectivity index (χ1v) is 7.33. The Morgan fingerprint density at radius 3 is 2.85 bits per heavy atom. The van der Waals surface area contributed by atoms with Crippen molar-refractivity contribution in [3.05, 3.63) is 56.0 Å². The maximum atomic E-state index is 10.9. The molecule has 0 fully saturated rings. The molecule has 0 spiro atoms. The van der Waals surface area contributed by atoms with E-state index in [1.807, 2.05) is 19.2 Å². The number of rotatable bonds is 6. The average Bonchev–Trinajstić information content (AvgIpc) is 2.94. The third-order valence-electron chi connectivity index (χ3n) is 3.08. The standard InChI is InChI=1S/C14H17N3O2S/c1-3-12-9-16-14(20-12)10(2)15-8-11-6-4-5-7-13(11)17(18)19/h4-7,9-10,15H,3,8H2,1-2H3. The van der Waals surface area contributed by atoms with Gasteiger partial charge in [0, 0.05) is 29.2 Å². The molecular weight excluding hydrogens is 274 g/mol. The van der Waals surface area contributed by atoms with Gasteiger partial charge in [0.15, 0.2) is 0 Å². The van der Waals surface area contributed by atoms with Crippen LogP contribution in [0.5, 0.6) is 0 Å². The highest BCUT2D eigenvalue weighted by molar-refractivity contribution is 7.11. The molecule has 0 amide bonds. The molecule has 1 aromatic heterocycles. The molecule has 0 saturated heterocycles. The lowest BCUT2D eigenvalue weighted by Gasteiger charge is -2.11. The van der Waals surface area contributed by atoms with Crippen molar-refractivity contribution in [2.75, 3.05) is 0 Å². The maximum absolute atomic E-state index is 10.9. The highest BCUT2D eigenvalue weighted by Crippen LogP contribution is 2.22. The first-order chi connectivity index (χ1) is 9.61. The molecular formula is C14H17N3O2S. The fraction of sp³-hybridized carbons (Fsp3) is 0.357. The molecule has 2 aromatic rings. The SMILES string of the molecule is CCc1cnc(C(C)NCc2ccccc2[N+](=O)[O-])s1. The van der Waals surface area contributed by atoms with Crippen LogP contribution >= 0.6 is 11.3 Å². The highest BCUT2D eigenvalue weighted by atomic mass is 32.1. The molecule has 1 unspecified atom stereocenters. The fourth-order valence-electron chi connectivity index (χ4n) is 1.88. The van der Waals surface area contributed by atoms with E-state index in [4.69, 9.17) is 0 Å². The normalized spacial score (nSPS) is 12.3. The van der Waals surface area contributed by atoms with Gasteiger partial charge in [0.25, 0.3) is 5.69 Å². The molecule has 20 heavy (non-hydrogen) atoms. The van der Waals surface area contributed by atoms with Crippen LogP contribution in [0.1, 0.15) is 35.3 Å². The summed E-state index contributed by atoms with van der Waals surface area (Å²) in [7, 11) is 0. The molecule has 1 atom stereocenters. The number of hydrogen-bond donors (Lipinski definition) is 1. The van der Waals surface area contributed by atoms with E-state index in [-0.39, 0.29) is 16.7 Å². The van der Waals surface area contributed by atoms with Crippen molar-refractivity contribution in [3.63, 3.8) is 0 Å². The summed E-state index contributed by atoms with van der Waals surface area (Å²) in [6.07, 6.45) is 2.87. The third kappa shape index (κ3) is 3.40. The van der Waals surface area contributed by atoms with Crippen molar-refractivity contribution < 1.29 is 4.92 Å². The predicted molar refractivity (Wildman–Crippen MR) is 79.8 cm³/mol. The second kappa shape index (κ2) is 6.58. The van der Waals surface area contributed by atoms with Gasteiger partial charge in [-0.15, -0.1) is 11.3 Å². The van der Waals surface area contributed by atoms with Gasteiger partial charge in [-0.2, -0.15) is 0 Å². The van der Waals surface area contributed by atoms with Gasteiger partial charge in [0.2, 0.25) is 0 Å². The Hall–Kier alpha value is -1.79. The van der Waals surface area contributed by atoms with E-state index in [1.54, 1.807) is 23.5 Å². The van der Waals surface area contributed by atoms with Gasteiger partial charge in [0.1, 0.15) is 5.01 Å². The Morgan fingerprint density at radius 2 is 2.20 bits per heavy atom. The molecule has 0 bridgehead atoms. The molecule has 0 radical (unpaired) electrons. The Balaban J connectivity index is 2.03. The topological polar surface area (TPSA) is 68.1 Å². The van der Waals surface area contributed by atoms with E-state index < -0.39 is 0 Å². The molecule has 6 heteroatoms. The van der Waals surface area contributed by atoms with Gasteiger partial charge in [-0.05, 0) is 13.3 Å². The molecule has 0 saturated carbocycles. The van der Waals surface area contributed by atoms with Gasteiger partial charge in [-0.1, -0.05) is 25.1 Å². The summed E-state index contributed by atoms with van der Waals surface area (Å²) in [5.74, 6) is 0. The molecule has 0 aliphatic carbocycles. The molecule has 1 aromatic carbocycles. The lowest BCUT2D eigenvalue weighted by molar-refractivity contribution is -0.385. The van der Waals surface area contributed by atoms with E-state index in [1.165, 1.54) is 10.9 Å². The number of benzene rings is 1. The monoisotopic (exact) mass is 291 g/mol. The van der Waals surface area contributed by atoms with Crippen LogP contribution < -0.4 is 5.32 Å². The number of nitrogens with one attached hydrogen (secondary N) is 1. The molecule has 1 heterocycles. The molecule has 106 valence electrons. The quantitative estimate of drug-likeness (QED) is 0.653. The number of nitro benzene ring substituents is 1. The first-order valence-electron chi connectivity index (χ1n) is 6.52. The number of nitrogens with zero attached hydrogens (tertiary/aromatic N) is 2. The van der Waals surface area contributed by atoms with Crippen LogP contribution in [0.25, 0.3) is 0 Å². The van der Waals surface area contributed by atoms with Crippen LogP contribution in [0.4, 0.5) is 5.69 Å². The number of hydrogen-bond acceptors (Lipinski definition) is 5. The van der Waals surface area contributed by atoms with Crippen LogP contribution in [-0.4, -0.2) is 9.91 Å². The van der Waals surface area contributed by atoms with Crippen LogP contribution in [0, 0.1) is 10.1 Å². The molecule has 2 rings (SSSR count). The summed E-state index contributed by atoms with van der Waals surface area (Å²) in [5.41, 5.74) is 0.845. The summed E-state index contributed by atoms with van der Waals surface area (Å²) in [6.45, 7) is 4.58.